The van der Waals surface area contributed by atoms with Gasteiger partial charge in [0.05, 0.1) is 12.1 Å². The third-order valence-corrected chi connectivity index (χ3v) is 3.16. The molecule has 2 rings (SSSR count). The quantitative estimate of drug-likeness (QED) is 0.856. The molecule has 0 aliphatic heterocycles. The van der Waals surface area contributed by atoms with Crippen molar-refractivity contribution in [2.75, 3.05) is 6.54 Å². The molecule has 124 valence electrons. The number of hydrogen-bond donors (Lipinski definition) is 1. The largest absolute Gasteiger partial charge is 0.417 e. The van der Waals surface area contributed by atoms with E-state index in [1.165, 1.54) is 42.1 Å². The van der Waals surface area contributed by atoms with Crippen LogP contribution in [0.4, 0.5) is 13.2 Å². The van der Waals surface area contributed by atoms with E-state index in [9.17, 15) is 22.8 Å². The number of pyridine rings is 1. The Labute approximate surface area is 135 Å². The number of hydrogen-bond acceptors (Lipinski definition) is 2. The van der Waals surface area contributed by atoms with Gasteiger partial charge in [-0.25, -0.2) is 0 Å². The minimum absolute atomic E-state index is 0.0579. The normalized spacial score (nSPS) is 10.7. The van der Waals surface area contributed by atoms with E-state index in [4.69, 9.17) is 0 Å². The van der Waals surface area contributed by atoms with Gasteiger partial charge in [0.1, 0.15) is 5.56 Å². The highest BCUT2D eigenvalue weighted by Gasteiger charge is 2.32. The summed E-state index contributed by atoms with van der Waals surface area (Å²) in [6.45, 7) is -0.178. The van der Waals surface area contributed by atoms with Crippen molar-refractivity contribution in [1.29, 1.82) is 0 Å². The van der Waals surface area contributed by atoms with E-state index in [1.54, 1.807) is 6.07 Å². The molecule has 1 amide bonds. The molecule has 0 aliphatic rings. The molecule has 0 saturated heterocycles. The summed E-state index contributed by atoms with van der Waals surface area (Å²) in [6.07, 6.45) is -2.99. The number of alkyl halides is 3. The minimum Gasteiger partial charge on any atom is -0.341 e. The summed E-state index contributed by atoms with van der Waals surface area (Å²) >= 11 is 0. The van der Waals surface area contributed by atoms with Crippen LogP contribution in [0.1, 0.15) is 21.5 Å². The molecule has 7 heteroatoms. The molecule has 0 spiro atoms. The number of aromatic nitrogens is 1. The Morgan fingerprint density at radius 1 is 1.21 bits per heavy atom. The van der Waals surface area contributed by atoms with Crippen LogP contribution in [0.2, 0.25) is 0 Å². The van der Waals surface area contributed by atoms with E-state index in [1.807, 2.05) is 0 Å². The lowest BCUT2D eigenvalue weighted by Gasteiger charge is -2.08. The van der Waals surface area contributed by atoms with Crippen LogP contribution < -0.4 is 10.9 Å². The third kappa shape index (κ3) is 4.04. The number of benzene rings is 1. The molecule has 0 atom stereocenters. The number of halogens is 3. The maximum atomic E-state index is 12.8. The Balaban J connectivity index is 2.09. The van der Waals surface area contributed by atoms with Gasteiger partial charge in [0.15, 0.2) is 0 Å². The number of aryl methyl sites for hydroxylation is 1. The van der Waals surface area contributed by atoms with Crippen LogP contribution >= 0.6 is 0 Å². The lowest BCUT2D eigenvalue weighted by Crippen LogP contribution is -2.32. The van der Waals surface area contributed by atoms with Gasteiger partial charge in [0, 0.05) is 18.8 Å². The second-order valence-electron chi connectivity index (χ2n) is 4.87. The van der Waals surface area contributed by atoms with Crippen LogP contribution in [-0.4, -0.2) is 17.0 Å². The smallest absolute Gasteiger partial charge is 0.341 e. The Bertz CT molecular complexity index is 874. The zero-order chi connectivity index (χ0) is 17.7. The number of carbonyl (C=O) groups is 1. The van der Waals surface area contributed by atoms with Crippen LogP contribution in [0, 0.1) is 11.8 Å². The Hall–Kier alpha value is -3.01. The van der Waals surface area contributed by atoms with Gasteiger partial charge < -0.3 is 9.88 Å². The standard InChI is InChI=1S/C17H13F3N2O2/c1-22-11-5-8-13(16(22)24)15(23)21-10-4-7-12-6-2-3-9-14(12)17(18,19)20/h2-3,5-6,8-9,11H,10H2,1H3,(H,21,23). The zero-order valence-corrected chi connectivity index (χ0v) is 12.6. The van der Waals surface area contributed by atoms with Gasteiger partial charge in [0.2, 0.25) is 0 Å². The topological polar surface area (TPSA) is 51.1 Å². The van der Waals surface area contributed by atoms with Crippen LogP contribution in [-0.2, 0) is 13.2 Å². The summed E-state index contributed by atoms with van der Waals surface area (Å²) in [5.74, 6) is 4.21. The first-order valence-electron chi connectivity index (χ1n) is 6.89. The highest BCUT2D eigenvalue weighted by Crippen LogP contribution is 2.31. The predicted octanol–water partition coefficient (Wildman–Crippen LogP) is 2.19. The minimum atomic E-state index is -4.50. The summed E-state index contributed by atoms with van der Waals surface area (Å²) in [5.41, 5.74) is -1.53. The maximum Gasteiger partial charge on any atom is 0.417 e. The van der Waals surface area contributed by atoms with Gasteiger partial charge in [-0.2, -0.15) is 13.2 Å². The second kappa shape index (κ2) is 7.04. The molecule has 1 aromatic carbocycles. The van der Waals surface area contributed by atoms with Crippen LogP contribution in [0.15, 0.2) is 47.4 Å². The second-order valence-corrected chi connectivity index (χ2v) is 4.87. The van der Waals surface area contributed by atoms with Crippen molar-refractivity contribution < 1.29 is 18.0 Å². The molecule has 0 bridgehead atoms. The monoisotopic (exact) mass is 334 g/mol. The van der Waals surface area contributed by atoms with Crippen molar-refractivity contribution in [2.45, 2.75) is 6.18 Å². The van der Waals surface area contributed by atoms with Crippen LogP contribution in [0.3, 0.4) is 0 Å². The van der Waals surface area contributed by atoms with Crippen molar-refractivity contribution in [3.8, 4) is 11.8 Å². The number of rotatable bonds is 2. The predicted molar refractivity (Wildman–Crippen MR) is 82.3 cm³/mol. The van der Waals surface area contributed by atoms with Gasteiger partial charge in [0.25, 0.3) is 11.5 Å². The average molecular weight is 334 g/mol. The summed E-state index contributed by atoms with van der Waals surface area (Å²) in [6, 6.07) is 7.83. The number of nitrogens with zero attached hydrogens (tertiary/aromatic N) is 1. The van der Waals surface area contributed by atoms with E-state index >= 15 is 0 Å². The number of amides is 1. The van der Waals surface area contributed by atoms with Gasteiger partial charge in [-0.3, -0.25) is 9.59 Å². The van der Waals surface area contributed by atoms with Gasteiger partial charge in [-0.1, -0.05) is 24.0 Å². The third-order valence-electron chi connectivity index (χ3n) is 3.16. The van der Waals surface area contributed by atoms with Crippen LogP contribution in [0.25, 0.3) is 0 Å². The van der Waals surface area contributed by atoms with Crippen molar-refractivity contribution >= 4 is 5.91 Å². The van der Waals surface area contributed by atoms with E-state index < -0.39 is 23.2 Å². The molecule has 1 N–H and O–H groups in total. The maximum absolute atomic E-state index is 12.8. The van der Waals surface area contributed by atoms with E-state index in [0.29, 0.717) is 0 Å². The summed E-state index contributed by atoms with van der Waals surface area (Å²) < 4.78 is 39.7. The number of nitrogens with one attached hydrogen (secondary N) is 1. The van der Waals surface area contributed by atoms with Gasteiger partial charge in [-0.15, -0.1) is 0 Å². The van der Waals surface area contributed by atoms with Crippen molar-refractivity contribution in [1.82, 2.24) is 9.88 Å². The Kier molecular flexibility index (Phi) is 5.09. The molecule has 1 heterocycles. The number of carbonyl (C=O) groups excluding carboxylic acids is 1. The first kappa shape index (κ1) is 17.3. The fourth-order valence-electron chi connectivity index (χ4n) is 1.97. The molecule has 0 fully saturated rings. The van der Waals surface area contributed by atoms with Crippen molar-refractivity contribution in [3.63, 3.8) is 0 Å². The van der Waals surface area contributed by atoms with Crippen molar-refractivity contribution in [2.24, 2.45) is 7.05 Å². The summed E-state index contributed by atoms with van der Waals surface area (Å²) in [7, 11) is 1.51. The SMILES string of the molecule is Cn1cccc(C(=O)NCC#Cc2ccccc2C(F)(F)F)c1=O. The molecule has 4 nitrogen and oxygen atoms in total. The molecular formula is C17H13F3N2O2. The highest BCUT2D eigenvalue weighted by molar-refractivity contribution is 5.93. The lowest BCUT2D eigenvalue weighted by molar-refractivity contribution is -0.137. The van der Waals surface area contributed by atoms with Crippen LogP contribution in [0.5, 0.6) is 0 Å². The Morgan fingerprint density at radius 3 is 2.62 bits per heavy atom. The summed E-state index contributed by atoms with van der Waals surface area (Å²) in [4.78, 5) is 23.6. The molecule has 0 aliphatic carbocycles. The van der Waals surface area contributed by atoms with E-state index in [-0.39, 0.29) is 17.7 Å². The molecule has 2 aromatic rings. The van der Waals surface area contributed by atoms with Gasteiger partial charge >= 0.3 is 6.18 Å². The first-order valence-corrected chi connectivity index (χ1v) is 6.89. The molecule has 0 radical (unpaired) electrons. The average Bonchev–Trinajstić information content (AvgIpc) is 2.53. The van der Waals surface area contributed by atoms with Gasteiger partial charge in [-0.05, 0) is 24.3 Å². The summed E-state index contributed by atoms with van der Waals surface area (Å²) in [5, 5.41) is 2.39. The van der Waals surface area contributed by atoms with E-state index in [0.717, 1.165) is 6.07 Å². The first-order chi connectivity index (χ1) is 11.3. The lowest BCUT2D eigenvalue weighted by atomic mass is 10.1. The van der Waals surface area contributed by atoms with Crippen molar-refractivity contribution in [3.05, 3.63) is 69.6 Å². The zero-order valence-electron chi connectivity index (χ0n) is 12.6. The molecular weight excluding hydrogens is 321 g/mol. The fourth-order valence-corrected chi connectivity index (χ4v) is 1.97. The highest BCUT2D eigenvalue weighted by atomic mass is 19.4. The molecule has 0 saturated carbocycles. The molecule has 1 aromatic heterocycles. The van der Waals surface area contributed by atoms with E-state index in [2.05, 4.69) is 17.2 Å². The Morgan fingerprint density at radius 2 is 1.92 bits per heavy atom. The molecule has 24 heavy (non-hydrogen) atoms. The fraction of sp³-hybridized carbons (Fsp3) is 0.176. The molecule has 0 unspecified atom stereocenters.